The molecule has 90 valence electrons. The number of phenols is 1. The normalized spacial score (nSPS) is 12.6. The zero-order valence-corrected chi connectivity index (χ0v) is 10.5. The SMILES string of the molecule is CCC(C)c1cc2ccc(OC)cc2cc1O. The van der Waals surface area contributed by atoms with Gasteiger partial charge in [0, 0.05) is 0 Å². The van der Waals surface area contributed by atoms with Gasteiger partial charge in [0.25, 0.3) is 0 Å². The van der Waals surface area contributed by atoms with Gasteiger partial charge >= 0.3 is 0 Å². The zero-order valence-electron chi connectivity index (χ0n) is 10.5. The maximum atomic E-state index is 10.0. The van der Waals surface area contributed by atoms with Crippen molar-refractivity contribution in [1.82, 2.24) is 0 Å². The maximum Gasteiger partial charge on any atom is 0.119 e. The van der Waals surface area contributed by atoms with Gasteiger partial charge in [-0.2, -0.15) is 0 Å². The number of benzene rings is 2. The van der Waals surface area contributed by atoms with E-state index in [-0.39, 0.29) is 0 Å². The Morgan fingerprint density at radius 3 is 2.59 bits per heavy atom. The van der Waals surface area contributed by atoms with Crippen molar-refractivity contribution in [2.75, 3.05) is 7.11 Å². The van der Waals surface area contributed by atoms with E-state index in [1.165, 1.54) is 0 Å². The van der Waals surface area contributed by atoms with E-state index in [2.05, 4.69) is 19.9 Å². The van der Waals surface area contributed by atoms with Crippen molar-refractivity contribution in [3.8, 4) is 11.5 Å². The highest BCUT2D eigenvalue weighted by molar-refractivity contribution is 5.86. The molecule has 0 heterocycles. The van der Waals surface area contributed by atoms with Crippen LogP contribution in [0.3, 0.4) is 0 Å². The van der Waals surface area contributed by atoms with E-state index in [1.54, 1.807) is 7.11 Å². The second-order valence-electron chi connectivity index (χ2n) is 4.43. The van der Waals surface area contributed by atoms with Gasteiger partial charge < -0.3 is 9.84 Å². The molecule has 1 atom stereocenters. The maximum absolute atomic E-state index is 10.0. The first kappa shape index (κ1) is 11.8. The highest BCUT2D eigenvalue weighted by Crippen LogP contribution is 2.33. The highest BCUT2D eigenvalue weighted by Gasteiger charge is 2.10. The summed E-state index contributed by atoms with van der Waals surface area (Å²) in [7, 11) is 1.65. The van der Waals surface area contributed by atoms with Gasteiger partial charge in [0.05, 0.1) is 7.11 Å². The molecule has 0 radical (unpaired) electrons. The van der Waals surface area contributed by atoms with Gasteiger partial charge in [-0.25, -0.2) is 0 Å². The Kier molecular flexibility index (Phi) is 3.23. The lowest BCUT2D eigenvalue weighted by Crippen LogP contribution is -1.92. The van der Waals surface area contributed by atoms with Crippen LogP contribution >= 0.6 is 0 Å². The van der Waals surface area contributed by atoms with Gasteiger partial charge in [-0.3, -0.25) is 0 Å². The van der Waals surface area contributed by atoms with Crippen LogP contribution in [0.1, 0.15) is 31.7 Å². The molecule has 0 aliphatic rings. The van der Waals surface area contributed by atoms with Crippen LogP contribution in [0.15, 0.2) is 30.3 Å². The minimum atomic E-state index is 0.375. The summed E-state index contributed by atoms with van der Waals surface area (Å²) >= 11 is 0. The number of phenolic OH excluding ortho intramolecular Hbond substituents is 1. The lowest BCUT2D eigenvalue weighted by Gasteiger charge is -2.13. The number of aromatic hydroxyl groups is 1. The summed E-state index contributed by atoms with van der Waals surface area (Å²) in [5, 5.41) is 12.2. The second-order valence-corrected chi connectivity index (χ2v) is 4.43. The molecule has 1 unspecified atom stereocenters. The van der Waals surface area contributed by atoms with Crippen LogP contribution in [0.2, 0.25) is 0 Å². The largest absolute Gasteiger partial charge is 0.508 e. The molecule has 0 aliphatic heterocycles. The summed E-state index contributed by atoms with van der Waals surface area (Å²) in [6, 6.07) is 9.80. The summed E-state index contributed by atoms with van der Waals surface area (Å²) < 4.78 is 5.18. The average molecular weight is 230 g/mol. The topological polar surface area (TPSA) is 29.5 Å². The number of hydrogen-bond acceptors (Lipinski definition) is 2. The van der Waals surface area contributed by atoms with Gasteiger partial charge in [-0.1, -0.05) is 19.9 Å². The van der Waals surface area contributed by atoms with E-state index in [1.807, 2.05) is 24.3 Å². The Hall–Kier alpha value is -1.70. The fourth-order valence-corrected chi connectivity index (χ4v) is 2.02. The first-order valence-electron chi connectivity index (χ1n) is 5.96. The molecule has 1 N–H and O–H groups in total. The molecule has 0 aliphatic carbocycles. The van der Waals surface area contributed by atoms with Gasteiger partial charge in [-0.05, 0) is 52.9 Å². The molecule has 2 heteroatoms. The predicted octanol–water partition coefficient (Wildman–Crippen LogP) is 4.07. The Morgan fingerprint density at radius 2 is 1.94 bits per heavy atom. The van der Waals surface area contributed by atoms with Crippen LogP contribution in [0.5, 0.6) is 11.5 Å². The van der Waals surface area contributed by atoms with Crippen LogP contribution in [0, 0.1) is 0 Å². The fraction of sp³-hybridized carbons (Fsp3) is 0.333. The van der Waals surface area contributed by atoms with Crippen molar-refractivity contribution < 1.29 is 9.84 Å². The van der Waals surface area contributed by atoms with Crippen molar-refractivity contribution in [3.05, 3.63) is 35.9 Å². The van der Waals surface area contributed by atoms with Crippen LogP contribution in [-0.2, 0) is 0 Å². The number of fused-ring (bicyclic) bond motifs is 1. The third-order valence-corrected chi connectivity index (χ3v) is 3.34. The molecule has 2 aromatic rings. The molecular formula is C15H18O2. The smallest absolute Gasteiger partial charge is 0.119 e. The number of methoxy groups -OCH3 is 1. The Bertz CT molecular complexity index is 532. The first-order valence-corrected chi connectivity index (χ1v) is 5.96. The van der Waals surface area contributed by atoms with E-state index < -0.39 is 0 Å². The molecule has 2 nitrogen and oxygen atoms in total. The predicted molar refractivity (Wildman–Crippen MR) is 70.9 cm³/mol. The highest BCUT2D eigenvalue weighted by atomic mass is 16.5. The van der Waals surface area contributed by atoms with Gasteiger partial charge in [0.2, 0.25) is 0 Å². The van der Waals surface area contributed by atoms with Gasteiger partial charge in [-0.15, -0.1) is 0 Å². The minimum absolute atomic E-state index is 0.375. The van der Waals surface area contributed by atoms with E-state index in [9.17, 15) is 5.11 Å². The quantitative estimate of drug-likeness (QED) is 0.861. The molecule has 2 aromatic carbocycles. The van der Waals surface area contributed by atoms with Crippen molar-refractivity contribution >= 4 is 10.8 Å². The molecule has 0 saturated heterocycles. The summed E-state index contributed by atoms with van der Waals surface area (Å²) in [6.07, 6.45) is 1.02. The first-order chi connectivity index (χ1) is 8.15. The number of ether oxygens (including phenoxy) is 1. The monoisotopic (exact) mass is 230 g/mol. The van der Waals surface area contributed by atoms with E-state index in [0.29, 0.717) is 11.7 Å². The van der Waals surface area contributed by atoms with Crippen molar-refractivity contribution in [3.63, 3.8) is 0 Å². The van der Waals surface area contributed by atoms with Crippen LogP contribution in [-0.4, -0.2) is 12.2 Å². The zero-order chi connectivity index (χ0) is 12.4. The van der Waals surface area contributed by atoms with Crippen LogP contribution in [0.4, 0.5) is 0 Å². The molecule has 0 fully saturated rings. The summed E-state index contributed by atoms with van der Waals surface area (Å²) in [6.45, 7) is 4.26. The molecule has 17 heavy (non-hydrogen) atoms. The second kappa shape index (κ2) is 4.66. The fourth-order valence-electron chi connectivity index (χ4n) is 2.02. The Balaban J connectivity index is 2.58. The molecule has 0 bridgehead atoms. The van der Waals surface area contributed by atoms with E-state index in [0.717, 1.165) is 28.5 Å². The average Bonchev–Trinajstić information content (AvgIpc) is 2.36. The molecule has 2 rings (SSSR count). The molecule has 0 spiro atoms. The molecule has 0 aromatic heterocycles. The molecule has 0 saturated carbocycles. The van der Waals surface area contributed by atoms with Crippen LogP contribution < -0.4 is 4.74 Å². The summed E-state index contributed by atoms with van der Waals surface area (Å²) in [5.74, 6) is 1.56. The van der Waals surface area contributed by atoms with Crippen molar-refractivity contribution in [2.24, 2.45) is 0 Å². The van der Waals surface area contributed by atoms with Crippen molar-refractivity contribution in [2.45, 2.75) is 26.2 Å². The van der Waals surface area contributed by atoms with Crippen molar-refractivity contribution in [1.29, 1.82) is 0 Å². The standard InChI is InChI=1S/C15H18O2/c1-4-10(2)14-8-11-5-6-13(17-3)7-12(11)9-15(14)16/h5-10,16H,4H2,1-3H3. The third kappa shape index (κ3) is 2.21. The lowest BCUT2D eigenvalue weighted by atomic mass is 9.95. The Morgan fingerprint density at radius 1 is 1.18 bits per heavy atom. The van der Waals surface area contributed by atoms with E-state index >= 15 is 0 Å². The Labute approximate surface area is 102 Å². The third-order valence-electron chi connectivity index (χ3n) is 3.34. The number of hydrogen-bond donors (Lipinski definition) is 1. The van der Waals surface area contributed by atoms with Crippen LogP contribution in [0.25, 0.3) is 10.8 Å². The summed E-state index contributed by atoms with van der Waals surface area (Å²) in [4.78, 5) is 0. The molecule has 0 amide bonds. The minimum Gasteiger partial charge on any atom is -0.508 e. The van der Waals surface area contributed by atoms with E-state index in [4.69, 9.17) is 4.74 Å². The summed E-state index contributed by atoms with van der Waals surface area (Å²) in [5.41, 5.74) is 1.02. The number of rotatable bonds is 3. The molecular weight excluding hydrogens is 212 g/mol. The van der Waals surface area contributed by atoms with Gasteiger partial charge in [0.15, 0.2) is 0 Å². The lowest BCUT2D eigenvalue weighted by molar-refractivity contribution is 0.415. The van der Waals surface area contributed by atoms with Gasteiger partial charge in [0.1, 0.15) is 11.5 Å².